The summed E-state index contributed by atoms with van der Waals surface area (Å²) >= 11 is 0. The fourth-order valence-corrected chi connectivity index (χ4v) is 8.02. The van der Waals surface area contributed by atoms with E-state index in [1.165, 1.54) is 38.5 Å². The summed E-state index contributed by atoms with van der Waals surface area (Å²) in [5.41, 5.74) is 1.02. The number of carbonyl (C=O) groups is 2. The second kappa shape index (κ2) is 15.7. The van der Waals surface area contributed by atoms with Crippen molar-refractivity contribution in [3.63, 3.8) is 0 Å². The molecule has 0 N–H and O–H groups in total. The fourth-order valence-electron chi connectivity index (χ4n) is 2.67. The van der Waals surface area contributed by atoms with Gasteiger partial charge in [0.05, 0.1) is 0 Å². The van der Waals surface area contributed by atoms with Crippen LogP contribution in [0, 0.1) is 0 Å². The molecule has 29 heavy (non-hydrogen) atoms. The number of hydrogen-bond acceptors (Lipinski definition) is 4. The van der Waals surface area contributed by atoms with Gasteiger partial charge in [-0.2, -0.15) is 0 Å². The smallest absolute Gasteiger partial charge is 0.319 e. The summed E-state index contributed by atoms with van der Waals surface area (Å²) in [6.45, 7) is 23.1. The Morgan fingerprint density at radius 1 is 0.690 bits per heavy atom. The third-order valence-corrected chi connectivity index (χ3v) is 9.57. The number of unbranched alkanes of at least 4 members (excludes halogenated alkanes) is 3. The monoisotopic (exact) mass is 442 g/mol. The van der Waals surface area contributed by atoms with Gasteiger partial charge >= 0.3 is 11.9 Å². The lowest BCUT2D eigenvalue weighted by Gasteiger charge is -2.31. The summed E-state index contributed by atoms with van der Waals surface area (Å²) in [6, 6.07) is 3.38. The summed E-state index contributed by atoms with van der Waals surface area (Å²) in [6.07, 6.45) is 7.09. The van der Waals surface area contributed by atoms with Gasteiger partial charge in [0.25, 0.3) is 8.32 Å². The van der Waals surface area contributed by atoms with Gasteiger partial charge in [0, 0.05) is 11.1 Å². The highest BCUT2D eigenvalue weighted by molar-refractivity contribution is 6.75. The highest BCUT2D eigenvalue weighted by Gasteiger charge is 2.36. The van der Waals surface area contributed by atoms with Gasteiger partial charge in [0.15, 0.2) is 0 Å². The molecule has 0 heterocycles. The van der Waals surface area contributed by atoms with Crippen LogP contribution in [0.1, 0.15) is 73.1 Å². The Kier molecular flexibility index (Phi) is 16.2. The molecule has 0 aromatic carbocycles. The maximum Gasteiger partial charge on any atom is 0.319 e. The molecule has 0 aliphatic carbocycles. The van der Waals surface area contributed by atoms with E-state index in [2.05, 4.69) is 33.9 Å². The minimum atomic E-state index is -1.89. The van der Waals surface area contributed by atoms with Crippen molar-refractivity contribution in [2.75, 3.05) is 0 Å². The van der Waals surface area contributed by atoms with Crippen LogP contribution in [0.2, 0.25) is 37.8 Å². The summed E-state index contributed by atoms with van der Waals surface area (Å²) in [7, 11) is -3.59. The lowest BCUT2D eigenvalue weighted by molar-refractivity contribution is -0.131. The van der Waals surface area contributed by atoms with Crippen molar-refractivity contribution < 1.29 is 18.4 Å². The topological polar surface area (TPSA) is 52.6 Å². The number of carbonyl (C=O) groups excluding carboxylic acids is 2. The van der Waals surface area contributed by atoms with Gasteiger partial charge in [0.1, 0.15) is 0 Å². The zero-order valence-corrected chi connectivity index (χ0v) is 22.4. The van der Waals surface area contributed by atoms with Crippen LogP contribution in [-0.4, -0.2) is 28.6 Å². The van der Waals surface area contributed by atoms with E-state index >= 15 is 0 Å². The lowest BCUT2D eigenvalue weighted by Crippen LogP contribution is -2.40. The van der Waals surface area contributed by atoms with Gasteiger partial charge < -0.3 is 8.85 Å². The van der Waals surface area contributed by atoms with Crippen molar-refractivity contribution in [1.82, 2.24) is 0 Å². The van der Waals surface area contributed by atoms with Crippen molar-refractivity contribution in [1.29, 1.82) is 0 Å². The van der Waals surface area contributed by atoms with Gasteiger partial charge in [-0.1, -0.05) is 72.5 Å². The molecule has 4 nitrogen and oxygen atoms in total. The van der Waals surface area contributed by atoms with Crippen molar-refractivity contribution >= 4 is 28.6 Å². The van der Waals surface area contributed by atoms with Crippen molar-refractivity contribution in [3.05, 3.63) is 24.3 Å². The minimum absolute atomic E-state index is 0.157. The third-order valence-electron chi connectivity index (χ3n) is 4.36. The zero-order valence-electron chi connectivity index (χ0n) is 20.4. The zero-order chi connectivity index (χ0) is 23.1. The van der Waals surface area contributed by atoms with E-state index in [4.69, 9.17) is 8.85 Å². The summed E-state index contributed by atoms with van der Waals surface area (Å²) in [4.78, 5) is 22.8. The second-order valence-corrected chi connectivity index (χ2v) is 17.4. The third kappa shape index (κ3) is 16.3. The Morgan fingerprint density at radius 3 is 1.21 bits per heavy atom. The molecule has 0 saturated carbocycles. The van der Waals surface area contributed by atoms with Crippen LogP contribution in [0.5, 0.6) is 0 Å². The largest absolute Gasteiger partial charge is 0.517 e. The van der Waals surface area contributed by atoms with E-state index in [1.807, 2.05) is 19.6 Å². The molecule has 0 rings (SSSR count). The Hall–Kier alpha value is -1.15. The first-order valence-electron chi connectivity index (χ1n) is 11.1. The van der Waals surface area contributed by atoms with Gasteiger partial charge in [-0.3, -0.25) is 0 Å². The molecule has 170 valence electrons. The maximum atomic E-state index is 12.0. The molecular formula is C23H46O4Si2. The predicted molar refractivity (Wildman–Crippen MR) is 130 cm³/mol. The number of hydrogen-bond donors (Lipinski definition) is 0. The van der Waals surface area contributed by atoms with Gasteiger partial charge in [-0.05, 0) is 51.6 Å². The highest BCUT2D eigenvalue weighted by atomic mass is 28.4. The molecule has 0 aliphatic rings. The molecule has 0 aromatic heterocycles. The Labute approximate surface area is 182 Å². The predicted octanol–water partition coefficient (Wildman–Crippen LogP) is 7.39. The molecular weight excluding hydrogens is 396 g/mol. The molecule has 0 unspecified atom stereocenters. The summed E-state index contributed by atoms with van der Waals surface area (Å²) in [5, 5.41) is 0. The number of rotatable bonds is 13. The standard InChI is InChI=1S/C16H32O2Si.C7H14O2Si/c1-6-9-12-19(13-10-7-2,14-11-8-3)18-16(17)15(4)5;1-6(2)7(8)9-10(3,4)5/h4,6-14H2,1-3,5H3;1H2,2-5H3. The molecule has 0 aliphatic heterocycles. The van der Waals surface area contributed by atoms with Crippen LogP contribution in [0.25, 0.3) is 0 Å². The van der Waals surface area contributed by atoms with E-state index < -0.39 is 16.6 Å². The first-order chi connectivity index (χ1) is 13.3. The van der Waals surface area contributed by atoms with E-state index in [0.29, 0.717) is 11.1 Å². The van der Waals surface area contributed by atoms with Gasteiger partial charge in [-0.25, -0.2) is 9.59 Å². The van der Waals surface area contributed by atoms with E-state index in [1.54, 1.807) is 13.8 Å². The minimum Gasteiger partial charge on any atom is -0.517 e. The Morgan fingerprint density at radius 2 is 1.00 bits per heavy atom. The molecule has 0 atom stereocenters. The first-order valence-corrected chi connectivity index (χ1v) is 17.1. The maximum absolute atomic E-state index is 12.0. The van der Waals surface area contributed by atoms with Crippen LogP contribution >= 0.6 is 0 Å². The average molecular weight is 443 g/mol. The van der Waals surface area contributed by atoms with E-state index in [9.17, 15) is 9.59 Å². The Balaban J connectivity index is 0. The van der Waals surface area contributed by atoms with Gasteiger partial charge in [0.2, 0.25) is 8.32 Å². The molecule has 0 fully saturated rings. The first kappa shape index (κ1) is 30.1. The van der Waals surface area contributed by atoms with Crippen LogP contribution in [0.15, 0.2) is 24.3 Å². The van der Waals surface area contributed by atoms with Crippen LogP contribution in [-0.2, 0) is 18.4 Å². The molecule has 0 bridgehead atoms. The van der Waals surface area contributed by atoms with Crippen LogP contribution in [0.3, 0.4) is 0 Å². The molecule has 0 spiro atoms. The average Bonchev–Trinajstić information content (AvgIpc) is 2.61. The second-order valence-electron chi connectivity index (χ2n) is 8.95. The molecule has 6 heteroatoms. The molecule has 0 amide bonds. The summed E-state index contributed by atoms with van der Waals surface area (Å²) in [5.74, 6) is -0.422. The molecule has 0 saturated heterocycles. The molecule has 0 aromatic rings. The normalized spacial score (nSPS) is 11.2. The van der Waals surface area contributed by atoms with E-state index in [-0.39, 0.29) is 11.9 Å². The van der Waals surface area contributed by atoms with Gasteiger partial charge in [-0.15, -0.1) is 0 Å². The van der Waals surface area contributed by atoms with Crippen molar-refractivity contribution in [2.45, 2.75) is 111 Å². The SMILES string of the molecule is C=C(C)C(=O)O[Si](C)(C)C.C=C(C)C(=O)O[Si](CCCC)(CCCC)CCCC. The van der Waals surface area contributed by atoms with E-state index in [0.717, 1.165) is 18.1 Å². The summed E-state index contributed by atoms with van der Waals surface area (Å²) < 4.78 is 11.1. The van der Waals surface area contributed by atoms with Crippen LogP contribution in [0.4, 0.5) is 0 Å². The fraction of sp³-hybridized carbons (Fsp3) is 0.739. The van der Waals surface area contributed by atoms with Crippen molar-refractivity contribution in [3.8, 4) is 0 Å². The van der Waals surface area contributed by atoms with Crippen molar-refractivity contribution in [2.24, 2.45) is 0 Å². The molecule has 0 radical (unpaired) electrons. The highest BCUT2D eigenvalue weighted by Crippen LogP contribution is 2.30. The Bertz CT molecular complexity index is 500. The van der Waals surface area contributed by atoms with Crippen LogP contribution < -0.4 is 0 Å². The lowest BCUT2D eigenvalue weighted by atomic mass is 10.4. The quantitative estimate of drug-likeness (QED) is 0.220.